The Bertz CT molecular complexity index is 1010. The van der Waals surface area contributed by atoms with Crippen molar-refractivity contribution in [2.45, 2.75) is 32.3 Å². The molecule has 2 heterocycles. The summed E-state index contributed by atoms with van der Waals surface area (Å²) in [5, 5.41) is 11.9. The number of anilines is 1. The monoisotopic (exact) mass is 412 g/mol. The van der Waals surface area contributed by atoms with Gasteiger partial charge in [0.15, 0.2) is 16.8 Å². The van der Waals surface area contributed by atoms with Gasteiger partial charge in [-0.05, 0) is 43.2 Å². The number of ketones is 1. The van der Waals surface area contributed by atoms with E-state index in [1.807, 2.05) is 38.5 Å². The number of aromatic nitrogens is 3. The molecule has 0 spiro atoms. The van der Waals surface area contributed by atoms with Crippen LogP contribution in [0.5, 0.6) is 0 Å². The second kappa shape index (κ2) is 9.09. The molecule has 0 saturated heterocycles. The number of hydrogen-bond acceptors (Lipinski definition) is 6. The van der Waals surface area contributed by atoms with E-state index < -0.39 is 0 Å². The summed E-state index contributed by atoms with van der Waals surface area (Å²) in [5.41, 5.74) is 2.16. The Morgan fingerprint density at radius 3 is 2.52 bits per heavy atom. The van der Waals surface area contributed by atoms with Crippen LogP contribution in [0.15, 0.2) is 46.2 Å². The predicted molar refractivity (Wildman–Crippen MR) is 113 cm³/mol. The molecule has 0 atom stereocenters. The second-order valence-electron chi connectivity index (χ2n) is 7.19. The van der Waals surface area contributed by atoms with Gasteiger partial charge >= 0.3 is 0 Å². The van der Waals surface area contributed by atoms with Gasteiger partial charge in [0.2, 0.25) is 5.91 Å². The van der Waals surface area contributed by atoms with E-state index in [2.05, 4.69) is 15.5 Å². The largest absolute Gasteiger partial charge is 0.469 e. The number of benzene rings is 1. The van der Waals surface area contributed by atoms with E-state index in [0.29, 0.717) is 34.6 Å². The number of thioether (sulfide) groups is 1. The number of amides is 1. The van der Waals surface area contributed by atoms with Crippen molar-refractivity contribution in [1.82, 2.24) is 14.8 Å². The van der Waals surface area contributed by atoms with E-state index in [0.717, 1.165) is 11.3 Å². The zero-order valence-electron chi connectivity index (χ0n) is 16.9. The highest BCUT2D eigenvalue weighted by Gasteiger charge is 2.16. The standard InChI is InChI=1S/C21H24N4O3S/c1-13(2)11-19(27)22-16-7-5-15(6-8-16)18(26)12-29-21-24-23-20(25(21)4)17-9-10-28-14(17)3/h5-10,13H,11-12H2,1-4H3,(H,22,27). The highest BCUT2D eigenvalue weighted by atomic mass is 32.2. The predicted octanol–water partition coefficient (Wildman–Crippen LogP) is 4.34. The Morgan fingerprint density at radius 2 is 1.90 bits per heavy atom. The van der Waals surface area contributed by atoms with Gasteiger partial charge in [-0.3, -0.25) is 9.59 Å². The van der Waals surface area contributed by atoms with E-state index in [9.17, 15) is 9.59 Å². The Hall–Kier alpha value is -2.87. The molecular formula is C21H24N4O3S. The van der Waals surface area contributed by atoms with Gasteiger partial charge in [-0.15, -0.1) is 10.2 Å². The fourth-order valence-electron chi connectivity index (χ4n) is 2.83. The molecule has 0 saturated carbocycles. The molecular weight excluding hydrogens is 388 g/mol. The SMILES string of the molecule is Cc1occc1-c1nnc(SCC(=O)c2ccc(NC(=O)CC(C)C)cc2)n1C. The maximum absolute atomic E-state index is 12.5. The first-order chi connectivity index (χ1) is 13.8. The van der Waals surface area contributed by atoms with Crippen LogP contribution in [0, 0.1) is 12.8 Å². The summed E-state index contributed by atoms with van der Waals surface area (Å²) in [7, 11) is 1.86. The van der Waals surface area contributed by atoms with E-state index in [1.165, 1.54) is 11.8 Å². The first-order valence-electron chi connectivity index (χ1n) is 9.35. The molecule has 0 aliphatic carbocycles. The third-order valence-corrected chi connectivity index (χ3v) is 5.37. The van der Waals surface area contributed by atoms with Crippen LogP contribution >= 0.6 is 11.8 Å². The third kappa shape index (κ3) is 5.14. The van der Waals surface area contributed by atoms with Crippen LogP contribution < -0.4 is 5.32 Å². The number of carbonyl (C=O) groups excluding carboxylic acids is 2. The van der Waals surface area contributed by atoms with Crippen molar-refractivity contribution in [3.8, 4) is 11.4 Å². The molecule has 0 bridgehead atoms. The molecule has 3 aromatic rings. The first-order valence-corrected chi connectivity index (χ1v) is 10.3. The van der Waals surface area contributed by atoms with Gasteiger partial charge in [-0.2, -0.15) is 0 Å². The topological polar surface area (TPSA) is 90.0 Å². The third-order valence-electron chi connectivity index (χ3n) is 4.35. The van der Waals surface area contributed by atoms with Gasteiger partial charge in [0, 0.05) is 24.7 Å². The summed E-state index contributed by atoms with van der Waals surface area (Å²) in [6.45, 7) is 5.86. The molecule has 3 rings (SSSR count). The number of nitrogens with one attached hydrogen (secondary N) is 1. The molecule has 1 aromatic carbocycles. The molecule has 1 amide bonds. The molecule has 0 aliphatic rings. The fraction of sp³-hybridized carbons (Fsp3) is 0.333. The van der Waals surface area contributed by atoms with Crippen molar-refractivity contribution < 1.29 is 14.0 Å². The number of carbonyl (C=O) groups is 2. The maximum atomic E-state index is 12.5. The van der Waals surface area contributed by atoms with E-state index in [4.69, 9.17) is 4.42 Å². The number of hydrogen-bond donors (Lipinski definition) is 1. The molecule has 152 valence electrons. The molecule has 8 heteroatoms. The van der Waals surface area contributed by atoms with Gasteiger partial charge < -0.3 is 14.3 Å². The number of Topliss-reactive ketones (excluding diaryl/α,β-unsaturated/α-hetero) is 1. The average Bonchev–Trinajstić information content (AvgIpc) is 3.24. The Balaban J connectivity index is 1.59. The van der Waals surface area contributed by atoms with Crippen LogP contribution in [0.4, 0.5) is 5.69 Å². The van der Waals surface area contributed by atoms with Gasteiger partial charge in [0.1, 0.15) is 5.76 Å². The number of nitrogens with zero attached hydrogens (tertiary/aromatic N) is 3. The van der Waals surface area contributed by atoms with Crippen molar-refractivity contribution >= 4 is 29.1 Å². The number of rotatable bonds is 8. The molecule has 7 nitrogen and oxygen atoms in total. The lowest BCUT2D eigenvalue weighted by atomic mass is 10.1. The minimum Gasteiger partial charge on any atom is -0.469 e. The first kappa shape index (κ1) is 20.9. The zero-order chi connectivity index (χ0) is 21.0. The van der Waals surface area contributed by atoms with Gasteiger partial charge in [0.05, 0.1) is 17.6 Å². The lowest BCUT2D eigenvalue weighted by Gasteiger charge is -2.08. The Kier molecular flexibility index (Phi) is 6.53. The lowest BCUT2D eigenvalue weighted by Crippen LogP contribution is -2.14. The fourth-order valence-corrected chi connectivity index (χ4v) is 3.63. The highest BCUT2D eigenvalue weighted by Crippen LogP contribution is 2.26. The van der Waals surface area contributed by atoms with Crippen molar-refractivity contribution in [2.75, 3.05) is 11.1 Å². The quantitative estimate of drug-likeness (QED) is 0.437. The summed E-state index contributed by atoms with van der Waals surface area (Å²) in [6.07, 6.45) is 2.08. The van der Waals surface area contributed by atoms with E-state index >= 15 is 0 Å². The van der Waals surface area contributed by atoms with Crippen molar-refractivity contribution in [2.24, 2.45) is 13.0 Å². The average molecular weight is 413 g/mol. The molecule has 0 unspecified atom stereocenters. The minimum absolute atomic E-state index is 0.0147. The minimum atomic E-state index is -0.0272. The van der Waals surface area contributed by atoms with Crippen molar-refractivity contribution in [1.29, 1.82) is 0 Å². The second-order valence-corrected chi connectivity index (χ2v) is 8.13. The highest BCUT2D eigenvalue weighted by molar-refractivity contribution is 7.99. The van der Waals surface area contributed by atoms with Crippen molar-refractivity contribution in [3.05, 3.63) is 47.9 Å². The van der Waals surface area contributed by atoms with Gasteiger partial charge in [0.25, 0.3) is 0 Å². The summed E-state index contributed by atoms with van der Waals surface area (Å²) in [4.78, 5) is 24.4. The molecule has 0 fully saturated rings. The zero-order valence-corrected chi connectivity index (χ0v) is 17.7. The maximum Gasteiger partial charge on any atom is 0.224 e. The van der Waals surface area contributed by atoms with Gasteiger partial charge in [-0.1, -0.05) is 25.6 Å². The Labute approximate surface area is 173 Å². The summed E-state index contributed by atoms with van der Waals surface area (Å²) in [5.74, 6) is 1.97. The molecule has 0 radical (unpaired) electrons. The van der Waals surface area contributed by atoms with Crippen molar-refractivity contribution in [3.63, 3.8) is 0 Å². The number of furan rings is 1. The van der Waals surface area contributed by atoms with E-state index in [1.54, 1.807) is 30.5 Å². The molecule has 0 aliphatic heterocycles. The van der Waals surface area contributed by atoms with Crippen LogP contribution in [-0.4, -0.2) is 32.2 Å². The smallest absolute Gasteiger partial charge is 0.224 e. The summed E-state index contributed by atoms with van der Waals surface area (Å²) >= 11 is 1.34. The number of aryl methyl sites for hydroxylation is 1. The van der Waals surface area contributed by atoms with Gasteiger partial charge in [-0.25, -0.2) is 0 Å². The summed E-state index contributed by atoms with van der Waals surface area (Å²) in [6, 6.07) is 8.80. The van der Waals surface area contributed by atoms with Crippen LogP contribution in [0.1, 0.15) is 36.4 Å². The normalized spacial score (nSPS) is 11.1. The lowest BCUT2D eigenvalue weighted by molar-refractivity contribution is -0.116. The van der Waals surface area contributed by atoms with Crippen LogP contribution in [0.3, 0.4) is 0 Å². The molecule has 29 heavy (non-hydrogen) atoms. The van der Waals surface area contributed by atoms with Crippen LogP contribution in [0.2, 0.25) is 0 Å². The molecule has 2 aromatic heterocycles. The Morgan fingerprint density at radius 1 is 1.17 bits per heavy atom. The van der Waals surface area contributed by atoms with E-state index in [-0.39, 0.29) is 17.4 Å². The summed E-state index contributed by atoms with van der Waals surface area (Å²) < 4.78 is 7.17. The van der Waals surface area contributed by atoms with Crippen LogP contribution in [-0.2, 0) is 11.8 Å². The van der Waals surface area contributed by atoms with Crippen LogP contribution in [0.25, 0.3) is 11.4 Å². The molecule has 1 N–H and O–H groups in total.